The normalized spacial score (nSPS) is 19.0. The molecule has 7 heteroatoms. The summed E-state index contributed by atoms with van der Waals surface area (Å²) < 4.78 is 5.28. The number of furan rings is 1. The number of imide groups is 1. The van der Waals surface area contributed by atoms with Gasteiger partial charge in [-0.15, -0.1) is 0 Å². The first-order chi connectivity index (χ1) is 13.0. The molecule has 1 aliphatic rings. The Morgan fingerprint density at radius 2 is 1.89 bits per heavy atom. The molecule has 2 heterocycles. The van der Waals surface area contributed by atoms with Gasteiger partial charge in [0.2, 0.25) is 5.91 Å². The summed E-state index contributed by atoms with van der Waals surface area (Å²) in [6.45, 7) is 0. The van der Waals surface area contributed by atoms with E-state index >= 15 is 0 Å². The highest BCUT2D eigenvalue weighted by Crippen LogP contribution is 2.32. The number of para-hydroxylation sites is 1. The minimum atomic E-state index is -1.20. The summed E-state index contributed by atoms with van der Waals surface area (Å²) in [5.74, 6) is -2.48. The third kappa shape index (κ3) is 3.03. The van der Waals surface area contributed by atoms with Crippen LogP contribution < -0.4 is 5.32 Å². The van der Waals surface area contributed by atoms with Crippen LogP contribution in [0.1, 0.15) is 5.56 Å². The lowest BCUT2D eigenvalue weighted by Crippen LogP contribution is -2.67. The zero-order chi connectivity index (χ0) is 19.0. The van der Waals surface area contributed by atoms with Gasteiger partial charge in [0.05, 0.1) is 12.2 Å². The predicted molar refractivity (Wildman–Crippen MR) is 97.1 cm³/mol. The van der Waals surface area contributed by atoms with E-state index < -0.39 is 29.9 Å². The van der Waals surface area contributed by atoms with Gasteiger partial charge in [-0.1, -0.05) is 24.3 Å². The van der Waals surface area contributed by atoms with Crippen molar-refractivity contribution < 1.29 is 23.9 Å². The van der Waals surface area contributed by atoms with Crippen molar-refractivity contribution in [2.75, 3.05) is 5.32 Å². The summed E-state index contributed by atoms with van der Waals surface area (Å²) in [5, 5.41) is 13.0. The Kier molecular flexibility index (Phi) is 4.12. The molecule has 0 saturated carbocycles. The highest BCUT2D eigenvalue weighted by molar-refractivity contribution is 6.11. The quantitative estimate of drug-likeness (QED) is 0.693. The number of hydrogen-bond donors (Lipinski definition) is 2. The number of carbonyl (C=O) groups excluding carboxylic acids is 2. The van der Waals surface area contributed by atoms with E-state index in [0.717, 1.165) is 21.4 Å². The number of aliphatic carboxylic acids is 1. The molecule has 136 valence electrons. The molecular formula is C20H16N2O5. The van der Waals surface area contributed by atoms with E-state index in [1.54, 1.807) is 54.8 Å². The molecule has 0 aliphatic carbocycles. The highest BCUT2D eigenvalue weighted by Gasteiger charge is 2.54. The van der Waals surface area contributed by atoms with E-state index in [0.29, 0.717) is 5.69 Å². The number of anilines is 1. The molecule has 1 fully saturated rings. The van der Waals surface area contributed by atoms with Crippen molar-refractivity contribution in [3.05, 3.63) is 66.4 Å². The summed E-state index contributed by atoms with van der Waals surface area (Å²) >= 11 is 0. The van der Waals surface area contributed by atoms with Crippen molar-refractivity contribution in [3.63, 3.8) is 0 Å². The number of nitrogens with one attached hydrogen (secondary N) is 1. The second kappa shape index (κ2) is 6.60. The lowest BCUT2D eigenvalue weighted by atomic mass is 9.82. The van der Waals surface area contributed by atoms with E-state index in [-0.39, 0.29) is 6.42 Å². The van der Waals surface area contributed by atoms with Gasteiger partial charge in [-0.2, -0.15) is 0 Å². The number of nitrogens with zero attached hydrogens (tertiary/aromatic N) is 1. The molecule has 2 atom stereocenters. The largest absolute Gasteiger partial charge is 0.480 e. The van der Waals surface area contributed by atoms with Crippen molar-refractivity contribution in [1.29, 1.82) is 0 Å². The minimum absolute atomic E-state index is 0.242. The standard InChI is InChI=1S/C20H16N2O5/c23-18-15(11-12-6-7-16-13(10-12)8-9-27-16)17(19(24)25)22(18)20(26)21-14-4-2-1-3-5-14/h1-10,15,17H,11H2,(H,21,26)(H,24,25)/t15-,17+/m1/s1. The average molecular weight is 364 g/mol. The topological polar surface area (TPSA) is 99.8 Å². The molecule has 2 aromatic carbocycles. The van der Waals surface area contributed by atoms with Gasteiger partial charge in [0.15, 0.2) is 6.04 Å². The van der Waals surface area contributed by atoms with Crippen LogP contribution in [0.3, 0.4) is 0 Å². The van der Waals surface area contributed by atoms with Gasteiger partial charge in [0.1, 0.15) is 5.58 Å². The van der Waals surface area contributed by atoms with Crippen molar-refractivity contribution >= 4 is 34.6 Å². The van der Waals surface area contributed by atoms with Crippen LogP contribution in [0.15, 0.2) is 65.3 Å². The molecule has 0 spiro atoms. The smallest absolute Gasteiger partial charge is 0.329 e. The number of hydrogen-bond acceptors (Lipinski definition) is 4. The van der Waals surface area contributed by atoms with Crippen molar-refractivity contribution in [2.24, 2.45) is 5.92 Å². The summed E-state index contributed by atoms with van der Waals surface area (Å²) in [6.07, 6.45) is 1.81. The van der Waals surface area contributed by atoms with E-state index in [9.17, 15) is 19.5 Å². The van der Waals surface area contributed by atoms with E-state index in [1.807, 2.05) is 6.07 Å². The second-order valence-electron chi connectivity index (χ2n) is 6.39. The molecule has 3 amide bonds. The molecule has 0 bridgehead atoms. The molecule has 7 nitrogen and oxygen atoms in total. The van der Waals surface area contributed by atoms with Gasteiger partial charge in [-0.3, -0.25) is 4.79 Å². The number of β-lactam (4-membered cyclic amide) rings is 1. The van der Waals surface area contributed by atoms with E-state index in [1.165, 1.54) is 0 Å². The highest BCUT2D eigenvalue weighted by atomic mass is 16.4. The lowest BCUT2D eigenvalue weighted by molar-refractivity contribution is -0.165. The fourth-order valence-electron chi connectivity index (χ4n) is 3.36. The van der Waals surface area contributed by atoms with Crippen molar-refractivity contribution in [1.82, 2.24) is 4.90 Å². The van der Waals surface area contributed by atoms with Gasteiger partial charge in [-0.05, 0) is 42.3 Å². The molecular weight excluding hydrogens is 348 g/mol. The van der Waals surface area contributed by atoms with Gasteiger partial charge in [-0.25, -0.2) is 14.5 Å². The van der Waals surface area contributed by atoms with Crippen LogP contribution in [0.5, 0.6) is 0 Å². The molecule has 0 unspecified atom stereocenters. The van der Waals surface area contributed by atoms with Crippen LogP contribution >= 0.6 is 0 Å². The number of amides is 3. The van der Waals surface area contributed by atoms with Crippen LogP contribution in [-0.4, -0.2) is 34.0 Å². The maximum absolute atomic E-state index is 12.5. The number of urea groups is 1. The maximum Gasteiger partial charge on any atom is 0.329 e. The Balaban J connectivity index is 1.51. The van der Waals surface area contributed by atoms with E-state index in [4.69, 9.17) is 4.42 Å². The first kappa shape index (κ1) is 16.8. The summed E-state index contributed by atoms with van der Waals surface area (Å²) in [5.41, 5.74) is 2.03. The van der Waals surface area contributed by atoms with Gasteiger partial charge in [0, 0.05) is 11.1 Å². The Morgan fingerprint density at radius 3 is 2.63 bits per heavy atom. The number of carboxylic acids is 1. The Hall–Kier alpha value is -3.61. The molecule has 27 heavy (non-hydrogen) atoms. The molecule has 3 aromatic rings. The monoisotopic (exact) mass is 364 g/mol. The van der Waals surface area contributed by atoms with Crippen LogP contribution in [-0.2, 0) is 16.0 Å². The number of benzene rings is 2. The fourth-order valence-corrected chi connectivity index (χ4v) is 3.36. The zero-order valence-corrected chi connectivity index (χ0v) is 14.2. The molecule has 4 rings (SSSR count). The molecule has 1 aliphatic heterocycles. The summed E-state index contributed by atoms with van der Waals surface area (Å²) in [4.78, 5) is 37.3. The number of fused-ring (bicyclic) bond motifs is 1. The van der Waals surface area contributed by atoms with Crippen LogP contribution in [0, 0.1) is 5.92 Å². The van der Waals surface area contributed by atoms with Gasteiger partial charge in [0.25, 0.3) is 0 Å². The number of likely N-dealkylation sites (tertiary alicyclic amines) is 1. The Labute approximate surface area is 154 Å². The Morgan fingerprint density at radius 1 is 1.11 bits per heavy atom. The fraction of sp³-hybridized carbons (Fsp3) is 0.150. The van der Waals surface area contributed by atoms with Crippen molar-refractivity contribution in [2.45, 2.75) is 12.5 Å². The average Bonchev–Trinajstić information content (AvgIpc) is 3.12. The Bertz CT molecular complexity index is 1030. The number of carbonyl (C=O) groups is 3. The number of rotatable bonds is 4. The van der Waals surface area contributed by atoms with Gasteiger partial charge >= 0.3 is 12.0 Å². The molecule has 1 saturated heterocycles. The van der Waals surface area contributed by atoms with Gasteiger partial charge < -0.3 is 14.8 Å². The van der Waals surface area contributed by atoms with Crippen molar-refractivity contribution in [3.8, 4) is 0 Å². The maximum atomic E-state index is 12.5. The number of carboxylic acid groups (broad SMARTS) is 1. The second-order valence-corrected chi connectivity index (χ2v) is 6.39. The third-order valence-electron chi connectivity index (χ3n) is 4.68. The molecule has 1 aromatic heterocycles. The molecule has 2 N–H and O–H groups in total. The summed E-state index contributed by atoms with van der Waals surface area (Å²) in [6, 6.07) is 13.9. The SMILES string of the molecule is O=C(O)[C@@H]1[C@@H](Cc2ccc3occc3c2)C(=O)N1C(=O)Nc1ccccc1. The van der Waals surface area contributed by atoms with Crippen LogP contribution in [0.4, 0.5) is 10.5 Å². The first-order valence-electron chi connectivity index (χ1n) is 8.42. The zero-order valence-electron chi connectivity index (χ0n) is 14.2. The third-order valence-corrected chi connectivity index (χ3v) is 4.68. The lowest BCUT2D eigenvalue weighted by Gasteiger charge is -2.42. The van der Waals surface area contributed by atoms with E-state index in [2.05, 4.69) is 5.32 Å². The van der Waals surface area contributed by atoms with Crippen LogP contribution in [0.2, 0.25) is 0 Å². The minimum Gasteiger partial charge on any atom is -0.480 e. The summed E-state index contributed by atoms with van der Waals surface area (Å²) in [7, 11) is 0. The first-order valence-corrected chi connectivity index (χ1v) is 8.42. The molecule has 0 radical (unpaired) electrons. The predicted octanol–water partition coefficient (Wildman–Crippen LogP) is 3.12. The van der Waals surface area contributed by atoms with Crippen LogP contribution in [0.25, 0.3) is 11.0 Å².